The third-order valence-corrected chi connectivity index (χ3v) is 6.00. The second kappa shape index (κ2) is 11.2. The van der Waals surface area contributed by atoms with Crippen LogP contribution in [0.5, 0.6) is 11.5 Å². The fourth-order valence-electron chi connectivity index (χ4n) is 4.38. The first kappa shape index (κ1) is 23.8. The highest BCUT2D eigenvalue weighted by Crippen LogP contribution is 2.27. The number of carbonyl (C=O) groups is 1. The number of anilines is 1. The van der Waals surface area contributed by atoms with Gasteiger partial charge in [-0.15, -0.1) is 0 Å². The van der Waals surface area contributed by atoms with Crippen molar-refractivity contribution in [3.8, 4) is 11.5 Å². The maximum atomic E-state index is 12.6. The normalized spacial score (nSPS) is 15.7. The Bertz CT molecular complexity index is 1090. The molecule has 2 aromatic carbocycles. The summed E-state index contributed by atoms with van der Waals surface area (Å²) in [5, 5.41) is 0. The number of aromatic nitrogens is 1. The van der Waals surface area contributed by atoms with Crippen LogP contribution in [-0.4, -0.2) is 47.6 Å². The molecule has 1 atom stereocenters. The number of likely N-dealkylation sites (N-methyl/N-ethyl adjacent to an activating group) is 1. The quantitative estimate of drug-likeness (QED) is 0.392. The summed E-state index contributed by atoms with van der Waals surface area (Å²) in [5.41, 5.74) is 1.75. The van der Waals surface area contributed by atoms with E-state index in [2.05, 4.69) is 33.8 Å². The van der Waals surface area contributed by atoms with Crippen LogP contribution in [0, 0.1) is 0 Å². The van der Waals surface area contributed by atoms with Gasteiger partial charge in [-0.2, -0.15) is 0 Å². The molecule has 0 aliphatic carbocycles. The van der Waals surface area contributed by atoms with Crippen molar-refractivity contribution in [2.45, 2.75) is 45.9 Å². The number of pyridine rings is 1. The first-order chi connectivity index (χ1) is 16.5. The molecule has 0 N–H and O–H groups in total. The highest BCUT2D eigenvalue weighted by atomic mass is 16.5. The number of hydrogen-bond donors (Lipinski definition) is 0. The van der Waals surface area contributed by atoms with Gasteiger partial charge in [-0.05, 0) is 68.8 Å². The predicted molar refractivity (Wildman–Crippen MR) is 134 cm³/mol. The van der Waals surface area contributed by atoms with E-state index < -0.39 is 0 Å². The van der Waals surface area contributed by atoms with E-state index >= 15 is 0 Å². The van der Waals surface area contributed by atoms with Gasteiger partial charge in [0.25, 0.3) is 0 Å². The number of esters is 1. The van der Waals surface area contributed by atoms with Crippen molar-refractivity contribution in [2.75, 3.05) is 24.5 Å². The zero-order chi connectivity index (χ0) is 23.9. The van der Waals surface area contributed by atoms with Crippen molar-refractivity contribution in [1.82, 2.24) is 9.88 Å². The second-order valence-electron chi connectivity index (χ2n) is 8.84. The molecule has 4 rings (SSSR count). The van der Waals surface area contributed by atoms with Crippen molar-refractivity contribution >= 4 is 11.8 Å². The van der Waals surface area contributed by atoms with Gasteiger partial charge in [0.15, 0.2) is 0 Å². The molecule has 6 nitrogen and oxygen atoms in total. The van der Waals surface area contributed by atoms with Crippen LogP contribution in [0.3, 0.4) is 0 Å². The third kappa shape index (κ3) is 5.94. The van der Waals surface area contributed by atoms with Gasteiger partial charge >= 0.3 is 5.97 Å². The highest BCUT2D eigenvalue weighted by molar-refractivity contribution is 5.94. The molecule has 0 spiro atoms. The van der Waals surface area contributed by atoms with E-state index in [9.17, 15) is 4.79 Å². The molecule has 0 amide bonds. The number of benzene rings is 2. The summed E-state index contributed by atoms with van der Waals surface area (Å²) in [6.07, 6.45) is 2.59. The Kier molecular flexibility index (Phi) is 7.80. The van der Waals surface area contributed by atoms with Crippen LogP contribution in [0.15, 0.2) is 72.9 Å². The fraction of sp³-hybridized carbons (Fsp3) is 0.357. The van der Waals surface area contributed by atoms with Gasteiger partial charge in [0.2, 0.25) is 0 Å². The molecule has 1 fully saturated rings. The van der Waals surface area contributed by atoms with E-state index in [1.165, 1.54) is 5.56 Å². The summed E-state index contributed by atoms with van der Waals surface area (Å²) in [6, 6.07) is 22.1. The van der Waals surface area contributed by atoms with Crippen molar-refractivity contribution < 1.29 is 14.3 Å². The van der Waals surface area contributed by atoms with E-state index in [-0.39, 0.29) is 12.1 Å². The van der Waals surface area contributed by atoms with Gasteiger partial charge in [-0.3, -0.25) is 4.90 Å². The fourth-order valence-corrected chi connectivity index (χ4v) is 4.38. The molecule has 0 radical (unpaired) electrons. The molecule has 1 aliphatic rings. The molecule has 1 aromatic heterocycles. The summed E-state index contributed by atoms with van der Waals surface area (Å²) >= 11 is 0. The Balaban J connectivity index is 1.43. The molecule has 2 heterocycles. The Hall–Kier alpha value is -3.38. The number of ether oxygens (including phenoxy) is 2. The highest BCUT2D eigenvalue weighted by Gasteiger charge is 2.30. The molecule has 0 bridgehead atoms. The molecule has 34 heavy (non-hydrogen) atoms. The minimum atomic E-state index is -0.316. The Morgan fingerprint density at radius 2 is 1.88 bits per heavy atom. The van der Waals surface area contributed by atoms with Crippen molar-refractivity contribution in [2.24, 2.45) is 0 Å². The summed E-state index contributed by atoms with van der Waals surface area (Å²) in [4.78, 5) is 21.8. The summed E-state index contributed by atoms with van der Waals surface area (Å²) in [7, 11) is 0. The van der Waals surface area contributed by atoms with Gasteiger partial charge < -0.3 is 14.4 Å². The average molecular weight is 460 g/mol. The van der Waals surface area contributed by atoms with Crippen LogP contribution < -0.4 is 9.64 Å². The van der Waals surface area contributed by atoms with Gasteiger partial charge in [-0.1, -0.05) is 37.3 Å². The number of hydrogen-bond acceptors (Lipinski definition) is 6. The minimum Gasteiger partial charge on any atom is -0.459 e. The Morgan fingerprint density at radius 3 is 2.65 bits per heavy atom. The lowest BCUT2D eigenvalue weighted by molar-refractivity contribution is 0.0378. The van der Waals surface area contributed by atoms with Gasteiger partial charge in [0.1, 0.15) is 22.9 Å². The molecule has 1 saturated heterocycles. The average Bonchev–Trinajstić information content (AvgIpc) is 3.33. The first-order valence-electron chi connectivity index (χ1n) is 12.0. The molecular weight excluding hydrogens is 426 g/mol. The number of nitrogens with zero attached hydrogens (tertiary/aromatic N) is 3. The van der Waals surface area contributed by atoms with E-state index in [1.807, 2.05) is 56.3 Å². The van der Waals surface area contributed by atoms with E-state index in [1.54, 1.807) is 18.3 Å². The lowest BCUT2D eigenvalue weighted by atomic mass is 10.1. The maximum Gasteiger partial charge on any atom is 0.342 e. The zero-order valence-electron chi connectivity index (χ0n) is 20.2. The minimum absolute atomic E-state index is 0.163. The van der Waals surface area contributed by atoms with Crippen LogP contribution in [0.1, 0.15) is 43.1 Å². The van der Waals surface area contributed by atoms with Crippen molar-refractivity contribution in [3.05, 3.63) is 84.1 Å². The smallest absolute Gasteiger partial charge is 0.342 e. The van der Waals surface area contributed by atoms with E-state index in [0.717, 1.165) is 44.1 Å². The van der Waals surface area contributed by atoms with E-state index in [4.69, 9.17) is 9.47 Å². The SMILES string of the molecule is CCN(Cc1cccc(Oc2ccccc2)c1)[C@@H]1CCN(c2ncccc2C(=O)OC(C)C)C1. The van der Waals surface area contributed by atoms with Crippen molar-refractivity contribution in [3.63, 3.8) is 0 Å². The zero-order valence-corrected chi connectivity index (χ0v) is 20.2. The largest absolute Gasteiger partial charge is 0.459 e. The van der Waals surface area contributed by atoms with Crippen LogP contribution >= 0.6 is 0 Å². The van der Waals surface area contributed by atoms with Gasteiger partial charge in [0, 0.05) is 31.9 Å². The number of para-hydroxylation sites is 1. The maximum absolute atomic E-state index is 12.6. The molecule has 178 valence electrons. The molecule has 0 saturated carbocycles. The summed E-state index contributed by atoms with van der Waals surface area (Å²) in [5.74, 6) is 2.07. The standard InChI is InChI=1S/C28H33N3O3/c1-4-30(19-22-10-8-13-25(18-22)34-24-11-6-5-7-12-24)23-15-17-31(20-23)27-26(14-9-16-29-27)28(32)33-21(2)3/h5-14,16,18,21,23H,4,15,17,19-20H2,1-3H3/t23-/m1/s1. The lowest BCUT2D eigenvalue weighted by Crippen LogP contribution is -2.37. The number of carbonyl (C=O) groups excluding carboxylic acids is 1. The van der Waals surface area contributed by atoms with Crippen LogP contribution in [0.2, 0.25) is 0 Å². The van der Waals surface area contributed by atoms with Crippen LogP contribution in [-0.2, 0) is 11.3 Å². The second-order valence-corrected chi connectivity index (χ2v) is 8.84. The van der Waals surface area contributed by atoms with E-state index in [0.29, 0.717) is 17.4 Å². The third-order valence-electron chi connectivity index (χ3n) is 6.00. The molecular formula is C28H33N3O3. The summed E-state index contributed by atoms with van der Waals surface area (Å²) < 4.78 is 11.5. The molecule has 3 aromatic rings. The Labute approximate surface area is 202 Å². The monoisotopic (exact) mass is 459 g/mol. The Morgan fingerprint density at radius 1 is 1.09 bits per heavy atom. The first-order valence-corrected chi connectivity index (χ1v) is 12.0. The van der Waals surface area contributed by atoms with Gasteiger partial charge in [0.05, 0.1) is 6.10 Å². The lowest BCUT2D eigenvalue weighted by Gasteiger charge is -2.28. The van der Waals surface area contributed by atoms with Crippen LogP contribution in [0.25, 0.3) is 0 Å². The molecule has 1 aliphatic heterocycles. The van der Waals surface area contributed by atoms with Crippen molar-refractivity contribution in [1.29, 1.82) is 0 Å². The molecule has 6 heteroatoms. The topological polar surface area (TPSA) is 54.9 Å². The summed E-state index contributed by atoms with van der Waals surface area (Å²) in [6.45, 7) is 9.37. The van der Waals surface area contributed by atoms with Crippen LogP contribution in [0.4, 0.5) is 5.82 Å². The van der Waals surface area contributed by atoms with Gasteiger partial charge in [-0.25, -0.2) is 9.78 Å². The molecule has 0 unspecified atom stereocenters. The number of rotatable bonds is 9. The predicted octanol–water partition coefficient (Wildman–Crippen LogP) is 5.54.